The molecule has 2 heterocycles. The summed E-state index contributed by atoms with van der Waals surface area (Å²) in [6, 6.07) is 16.2. The molecule has 1 amide bonds. The molecular weight excluding hydrogens is 408 g/mol. The number of nitrogens with one attached hydrogen (secondary N) is 2. The summed E-state index contributed by atoms with van der Waals surface area (Å²) in [5.41, 5.74) is 3.12. The number of para-hydroxylation sites is 3. The number of aromatic amines is 1. The van der Waals surface area contributed by atoms with E-state index in [1.165, 1.54) is 12.8 Å². The summed E-state index contributed by atoms with van der Waals surface area (Å²) in [7, 11) is 1.70. The van der Waals surface area contributed by atoms with Gasteiger partial charge in [-0.1, -0.05) is 30.3 Å². The van der Waals surface area contributed by atoms with E-state index in [9.17, 15) is 4.79 Å². The summed E-state index contributed by atoms with van der Waals surface area (Å²) in [5.74, 6) is 2.23. The van der Waals surface area contributed by atoms with E-state index in [0.29, 0.717) is 12.3 Å². The second-order valence-electron chi connectivity index (χ2n) is 7.90. The van der Waals surface area contributed by atoms with Crippen LogP contribution in [-0.2, 0) is 4.79 Å². The van der Waals surface area contributed by atoms with Crippen molar-refractivity contribution in [2.75, 3.05) is 32.5 Å². The van der Waals surface area contributed by atoms with E-state index in [2.05, 4.69) is 33.2 Å². The minimum Gasteiger partial charge on any atom is -0.496 e. The molecule has 0 saturated carbocycles. The summed E-state index contributed by atoms with van der Waals surface area (Å²) < 4.78 is 5.59. The molecule has 7 heteroatoms. The average Bonchev–Trinajstić information content (AvgIpc) is 3.48. The molecule has 0 bridgehead atoms. The van der Waals surface area contributed by atoms with Crippen LogP contribution in [0.3, 0.4) is 0 Å². The summed E-state index contributed by atoms with van der Waals surface area (Å²) in [5, 5.41) is 3.27. The first-order valence-corrected chi connectivity index (χ1v) is 11.9. The Kier molecular flexibility index (Phi) is 7.14. The van der Waals surface area contributed by atoms with Crippen LogP contribution in [0.25, 0.3) is 11.0 Å². The van der Waals surface area contributed by atoms with Gasteiger partial charge in [-0.2, -0.15) is 0 Å². The minimum absolute atomic E-state index is 0.0482. The van der Waals surface area contributed by atoms with Gasteiger partial charge in [-0.3, -0.25) is 9.69 Å². The Morgan fingerprint density at radius 1 is 1.19 bits per heavy atom. The van der Waals surface area contributed by atoms with Gasteiger partial charge in [0, 0.05) is 12.1 Å². The number of carbonyl (C=O) groups excluding carboxylic acids is 1. The number of ether oxygens (including phenoxy) is 1. The Morgan fingerprint density at radius 3 is 2.71 bits per heavy atom. The van der Waals surface area contributed by atoms with Crippen molar-refractivity contribution in [2.45, 2.75) is 31.1 Å². The Bertz CT molecular complexity index is 982. The topological polar surface area (TPSA) is 70.2 Å². The number of aromatic nitrogens is 2. The minimum atomic E-state index is 0.0482. The first kappa shape index (κ1) is 21.7. The molecule has 164 valence electrons. The second-order valence-corrected chi connectivity index (χ2v) is 9.23. The number of fused-ring (bicyclic) bond motifs is 1. The molecular formula is C24H30N4O2S. The van der Waals surface area contributed by atoms with Gasteiger partial charge in [0.15, 0.2) is 0 Å². The molecule has 1 saturated heterocycles. The van der Waals surface area contributed by atoms with Crippen LogP contribution in [0.2, 0.25) is 0 Å². The van der Waals surface area contributed by atoms with Crippen LogP contribution in [-0.4, -0.2) is 53.3 Å². The molecule has 1 fully saturated rings. The van der Waals surface area contributed by atoms with Gasteiger partial charge in [0.05, 0.1) is 35.2 Å². The molecule has 6 nitrogen and oxygen atoms in total. The number of imidazole rings is 1. The molecule has 2 N–H and O–H groups in total. The molecule has 4 rings (SSSR count). The molecule has 31 heavy (non-hydrogen) atoms. The number of H-pyrrole nitrogens is 1. The molecule has 0 spiro atoms. The van der Waals surface area contributed by atoms with Gasteiger partial charge in [-0.05, 0) is 51.1 Å². The lowest BCUT2D eigenvalue weighted by atomic mass is 10.0. The predicted octanol–water partition coefficient (Wildman–Crippen LogP) is 4.32. The highest BCUT2D eigenvalue weighted by Crippen LogP contribution is 2.31. The molecule has 2 atom stereocenters. The summed E-state index contributed by atoms with van der Waals surface area (Å²) in [4.78, 5) is 23.1. The van der Waals surface area contributed by atoms with Crippen LogP contribution in [0.15, 0.2) is 48.5 Å². The van der Waals surface area contributed by atoms with Crippen LogP contribution in [0, 0.1) is 0 Å². The lowest BCUT2D eigenvalue weighted by molar-refractivity contribution is -0.118. The van der Waals surface area contributed by atoms with Crippen LogP contribution in [0.1, 0.15) is 42.4 Å². The van der Waals surface area contributed by atoms with Crippen molar-refractivity contribution in [1.82, 2.24) is 20.2 Å². The molecule has 1 aromatic heterocycles. The number of amides is 1. The van der Waals surface area contributed by atoms with Gasteiger partial charge in [-0.25, -0.2) is 4.98 Å². The Labute approximate surface area is 187 Å². The van der Waals surface area contributed by atoms with E-state index in [-0.39, 0.29) is 17.2 Å². The molecule has 2 unspecified atom stereocenters. The first-order chi connectivity index (χ1) is 15.2. The predicted molar refractivity (Wildman–Crippen MR) is 127 cm³/mol. The lowest BCUT2D eigenvalue weighted by Gasteiger charge is -2.29. The van der Waals surface area contributed by atoms with Crippen molar-refractivity contribution < 1.29 is 9.53 Å². The summed E-state index contributed by atoms with van der Waals surface area (Å²) >= 11 is 1.60. The number of hydrogen-bond donors (Lipinski definition) is 2. The average molecular weight is 439 g/mol. The van der Waals surface area contributed by atoms with Crippen molar-refractivity contribution in [3.05, 3.63) is 59.9 Å². The second kappa shape index (κ2) is 10.2. The third-order valence-corrected chi connectivity index (χ3v) is 6.98. The van der Waals surface area contributed by atoms with E-state index >= 15 is 0 Å². The number of nitrogens with zero attached hydrogens (tertiary/aromatic N) is 2. The normalized spacial score (nSPS) is 16.3. The fourth-order valence-corrected chi connectivity index (χ4v) is 4.91. The zero-order valence-corrected chi connectivity index (χ0v) is 19.0. The molecule has 3 aromatic rings. The highest BCUT2D eigenvalue weighted by Gasteiger charge is 2.26. The van der Waals surface area contributed by atoms with E-state index < -0.39 is 0 Å². The zero-order valence-electron chi connectivity index (χ0n) is 18.1. The maximum atomic E-state index is 12.6. The van der Waals surface area contributed by atoms with Gasteiger partial charge in [0.25, 0.3) is 0 Å². The Balaban J connectivity index is 1.35. The van der Waals surface area contributed by atoms with Gasteiger partial charge in [0.1, 0.15) is 11.6 Å². The smallest absolute Gasteiger partial charge is 0.230 e. The summed E-state index contributed by atoms with van der Waals surface area (Å²) in [6.45, 7) is 4.77. The number of methoxy groups -OCH3 is 1. The molecule has 1 aliphatic rings. The van der Waals surface area contributed by atoms with Crippen molar-refractivity contribution in [3.8, 4) is 5.75 Å². The number of likely N-dealkylation sites (tertiary alicyclic amines) is 1. The maximum absolute atomic E-state index is 12.6. The lowest BCUT2D eigenvalue weighted by Crippen LogP contribution is -2.37. The maximum Gasteiger partial charge on any atom is 0.230 e. The molecule has 0 radical (unpaired) electrons. The number of thioether (sulfide) groups is 1. The molecule has 1 aliphatic heterocycles. The number of carbonyl (C=O) groups is 1. The summed E-state index contributed by atoms with van der Waals surface area (Å²) in [6.07, 6.45) is 2.40. The van der Waals surface area contributed by atoms with Gasteiger partial charge in [0.2, 0.25) is 5.91 Å². The van der Waals surface area contributed by atoms with Crippen LogP contribution in [0.5, 0.6) is 5.75 Å². The van der Waals surface area contributed by atoms with Crippen molar-refractivity contribution >= 4 is 28.7 Å². The third kappa shape index (κ3) is 5.22. The highest BCUT2D eigenvalue weighted by atomic mass is 32.2. The number of rotatable bonds is 9. The van der Waals surface area contributed by atoms with Crippen LogP contribution in [0.4, 0.5) is 0 Å². The fourth-order valence-electron chi connectivity index (χ4n) is 4.14. The number of benzene rings is 2. The standard InChI is InChI=1S/C24H30N4O2S/c1-17(24-26-19-10-4-5-11-20(19)27-24)31-16-23(29)25-15-21(28-13-7-8-14-28)18-9-3-6-12-22(18)30-2/h3-6,9-12,17,21H,7-8,13-16H2,1-2H3,(H,25,29)(H,26,27). The molecule has 0 aliphatic carbocycles. The zero-order chi connectivity index (χ0) is 21.6. The molecule has 2 aromatic carbocycles. The van der Waals surface area contributed by atoms with E-state index in [1.807, 2.05) is 42.5 Å². The fraction of sp³-hybridized carbons (Fsp3) is 0.417. The van der Waals surface area contributed by atoms with Crippen molar-refractivity contribution in [2.24, 2.45) is 0 Å². The van der Waals surface area contributed by atoms with E-state index in [4.69, 9.17) is 4.74 Å². The van der Waals surface area contributed by atoms with Gasteiger partial charge < -0.3 is 15.0 Å². The monoisotopic (exact) mass is 438 g/mol. The third-order valence-electron chi connectivity index (χ3n) is 5.83. The van der Waals surface area contributed by atoms with Gasteiger partial charge in [-0.15, -0.1) is 11.8 Å². The highest BCUT2D eigenvalue weighted by molar-refractivity contribution is 8.00. The van der Waals surface area contributed by atoms with Crippen LogP contribution < -0.4 is 10.1 Å². The van der Waals surface area contributed by atoms with Crippen molar-refractivity contribution in [3.63, 3.8) is 0 Å². The quantitative estimate of drug-likeness (QED) is 0.521. The first-order valence-electron chi connectivity index (χ1n) is 10.9. The van der Waals surface area contributed by atoms with Crippen molar-refractivity contribution in [1.29, 1.82) is 0 Å². The van der Waals surface area contributed by atoms with E-state index in [1.54, 1.807) is 18.9 Å². The SMILES string of the molecule is COc1ccccc1C(CNC(=O)CSC(C)c1nc2ccccc2[nH]1)N1CCCC1. The van der Waals surface area contributed by atoms with E-state index in [0.717, 1.165) is 41.3 Å². The Hall–Kier alpha value is -2.51. The number of hydrogen-bond acceptors (Lipinski definition) is 5. The van der Waals surface area contributed by atoms with Crippen LogP contribution >= 0.6 is 11.8 Å². The largest absolute Gasteiger partial charge is 0.496 e. The van der Waals surface area contributed by atoms with Gasteiger partial charge >= 0.3 is 0 Å². The Morgan fingerprint density at radius 2 is 1.94 bits per heavy atom.